The number of para-hydroxylation sites is 1. The predicted molar refractivity (Wildman–Crippen MR) is 119 cm³/mol. The van der Waals surface area contributed by atoms with Gasteiger partial charge in [-0.25, -0.2) is 4.98 Å². The second kappa shape index (κ2) is 8.69. The molecule has 0 aliphatic rings. The van der Waals surface area contributed by atoms with Crippen molar-refractivity contribution in [1.29, 1.82) is 0 Å². The molecule has 0 N–H and O–H groups in total. The predicted octanol–water partition coefficient (Wildman–Crippen LogP) is 4.42. The topological polar surface area (TPSA) is 88.0 Å². The van der Waals surface area contributed by atoms with E-state index in [1.807, 2.05) is 66.7 Å². The smallest absolute Gasteiger partial charge is 0.248 e. The molecule has 0 spiro atoms. The van der Waals surface area contributed by atoms with Crippen molar-refractivity contribution in [2.75, 3.05) is 0 Å². The van der Waals surface area contributed by atoms with Gasteiger partial charge in [0.15, 0.2) is 12.4 Å². The summed E-state index contributed by atoms with van der Waals surface area (Å²) >= 11 is 0. The summed E-state index contributed by atoms with van der Waals surface area (Å²) in [6, 6.07) is 23.1. The Kier molecular flexibility index (Phi) is 5.28. The fourth-order valence-corrected chi connectivity index (χ4v) is 3.32. The molecule has 0 fully saturated rings. The molecule has 0 saturated carbocycles. The normalized spacial score (nSPS) is 11.6. The zero-order chi connectivity index (χ0) is 21.8. The van der Waals surface area contributed by atoms with Crippen LogP contribution < -0.4 is 9.47 Å². The summed E-state index contributed by atoms with van der Waals surface area (Å²) < 4.78 is 12.1. The number of nitrogens with zero attached hydrogens (tertiary/aromatic N) is 4. The van der Waals surface area contributed by atoms with E-state index in [9.17, 15) is 5.21 Å². The monoisotopic (exact) mass is 422 g/mol. The van der Waals surface area contributed by atoms with Crippen LogP contribution in [0.25, 0.3) is 22.6 Å². The summed E-state index contributed by atoms with van der Waals surface area (Å²) in [7, 11) is 0. The van der Waals surface area contributed by atoms with Gasteiger partial charge in [-0.1, -0.05) is 36.4 Å². The second-order valence-corrected chi connectivity index (χ2v) is 7.10. The van der Waals surface area contributed by atoms with Gasteiger partial charge in [0.2, 0.25) is 12.3 Å². The third-order valence-corrected chi connectivity index (χ3v) is 4.94. The molecule has 7 nitrogen and oxygen atoms in total. The van der Waals surface area contributed by atoms with Gasteiger partial charge >= 0.3 is 0 Å². The molecule has 0 amide bonds. The average molecular weight is 422 g/mol. The highest BCUT2D eigenvalue weighted by molar-refractivity contribution is 5.88. The van der Waals surface area contributed by atoms with Gasteiger partial charge in [-0.3, -0.25) is 0 Å². The molecule has 0 radical (unpaired) electrons. The van der Waals surface area contributed by atoms with Crippen LogP contribution in [-0.2, 0) is 6.61 Å². The molecule has 32 heavy (non-hydrogen) atoms. The minimum absolute atomic E-state index is 0.371. The molecule has 0 atom stereocenters. The summed E-state index contributed by atoms with van der Waals surface area (Å²) in [5.41, 5.74) is 4.27. The van der Waals surface area contributed by atoms with E-state index in [1.54, 1.807) is 12.1 Å². The lowest BCUT2D eigenvalue weighted by Gasteiger charge is -2.09. The first-order chi connectivity index (χ1) is 15.7. The summed E-state index contributed by atoms with van der Waals surface area (Å²) in [6.45, 7) is 0.371. The molecule has 7 heteroatoms. The maximum atomic E-state index is 11.3. The van der Waals surface area contributed by atoms with E-state index in [0.717, 1.165) is 43.8 Å². The maximum Gasteiger partial charge on any atom is 0.248 e. The molecule has 3 heterocycles. The molecule has 0 unspecified atom stereocenters. The van der Waals surface area contributed by atoms with Gasteiger partial charge in [0, 0.05) is 23.1 Å². The van der Waals surface area contributed by atoms with Gasteiger partial charge in [-0.05, 0) is 41.5 Å². The van der Waals surface area contributed by atoms with Crippen molar-refractivity contribution in [2.24, 2.45) is 0 Å². The van der Waals surface area contributed by atoms with E-state index in [2.05, 4.69) is 15.2 Å². The summed E-state index contributed by atoms with van der Waals surface area (Å²) in [5.74, 6) is 1.11. The SMILES string of the molecule is [O-][n+]1ccc(C=C(c2ccc(OCc3ccc4ccccc4n3)cc2)c2nnco2)cc1. The molecule has 0 bridgehead atoms. The lowest BCUT2D eigenvalue weighted by atomic mass is 10.0. The Bertz CT molecular complexity index is 1360. The maximum absolute atomic E-state index is 11.3. The summed E-state index contributed by atoms with van der Waals surface area (Å²) in [5, 5.41) is 20.2. The van der Waals surface area contributed by atoms with Crippen molar-refractivity contribution in [3.05, 3.63) is 120 Å². The molecule has 0 aliphatic carbocycles. The summed E-state index contributed by atoms with van der Waals surface area (Å²) in [4.78, 5) is 4.64. The Labute approximate surface area is 183 Å². The standard InChI is InChI=1S/C25H18N4O3/c30-29-13-11-18(12-14-29)15-23(25-28-26-17-32-25)19-6-9-22(10-7-19)31-16-21-8-5-20-3-1-2-4-24(20)27-21/h1-15,17H,16H2. The van der Waals surface area contributed by atoms with E-state index < -0.39 is 0 Å². The average Bonchev–Trinajstić information content (AvgIpc) is 3.37. The van der Waals surface area contributed by atoms with Crippen LogP contribution in [0.3, 0.4) is 0 Å². The highest BCUT2D eigenvalue weighted by Crippen LogP contribution is 2.26. The Morgan fingerprint density at radius 3 is 2.56 bits per heavy atom. The number of fused-ring (bicyclic) bond motifs is 1. The molecule has 0 saturated heterocycles. The first-order valence-electron chi connectivity index (χ1n) is 9.99. The first kappa shape index (κ1) is 19.4. The highest BCUT2D eigenvalue weighted by Gasteiger charge is 2.12. The van der Waals surface area contributed by atoms with Gasteiger partial charge in [0.05, 0.1) is 11.2 Å². The van der Waals surface area contributed by atoms with Crippen molar-refractivity contribution >= 4 is 22.6 Å². The Balaban J connectivity index is 1.36. The van der Waals surface area contributed by atoms with Crippen LogP contribution >= 0.6 is 0 Å². The van der Waals surface area contributed by atoms with E-state index in [-0.39, 0.29) is 0 Å². The quantitative estimate of drug-likeness (QED) is 0.297. The summed E-state index contributed by atoms with van der Waals surface area (Å²) in [6.07, 6.45) is 6.06. The molecular formula is C25H18N4O3. The molecule has 2 aromatic carbocycles. The van der Waals surface area contributed by atoms with Crippen LogP contribution in [0.1, 0.15) is 22.7 Å². The molecule has 3 aromatic heterocycles. The largest absolute Gasteiger partial charge is 0.619 e. The van der Waals surface area contributed by atoms with Crippen molar-refractivity contribution < 1.29 is 13.9 Å². The van der Waals surface area contributed by atoms with Crippen molar-refractivity contribution in [3.8, 4) is 5.75 Å². The van der Waals surface area contributed by atoms with E-state index >= 15 is 0 Å². The van der Waals surface area contributed by atoms with Crippen molar-refractivity contribution in [2.45, 2.75) is 6.61 Å². The Morgan fingerprint density at radius 1 is 0.969 bits per heavy atom. The molecule has 5 rings (SSSR count). The number of benzene rings is 2. The number of pyridine rings is 2. The zero-order valence-corrected chi connectivity index (χ0v) is 17.0. The van der Waals surface area contributed by atoms with Gasteiger partial charge in [-0.2, -0.15) is 4.73 Å². The van der Waals surface area contributed by atoms with Crippen LogP contribution in [0.5, 0.6) is 5.75 Å². The van der Waals surface area contributed by atoms with Gasteiger partial charge in [0.1, 0.15) is 12.4 Å². The lowest BCUT2D eigenvalue weighted by molar-refractivity contribution is -0.605. The minimum atomic E-state index is 0.371. The van der Waals surface area contributed by atoms with Crippen LogP contribution in [-0.4, -0.2) is 15.2 Å². The third-order valence-electron chi connectivity index (χ3n) is 4.94. The Hall–Kier alpha value is -4.52. The fourth-order valence-electron chi connectivity index (χ4n) is 3.32. The van der Waals surface area contributed by atoms with Gasteiger partial charge < -0.3 is 14.4 Å². The van der Waals surface area contributed by atoms with Crippen molar-refractivity contribution in [1.82, 2.24) is 15.2 Å². The number of rotatable bonds is 6. The number of hydrogen-bond acceptors (Lipinski definition) is 6. The van der Waals surface area contributed by atoms with E-state index in [0.29, 0.717) is 12.5 Å². The number of ether oxygens (including phenoxy) is 1. The lowest BCUT2D eigenvalue weighted by Crippen LogP contribution is -2.23. The van der Waals surface area contributed by atoms with Gasteiger partial charge in [-0.15, -0.1) is 10.2 Å². The molecule has 5 aromatic rings. The van der Waals surface area contributed by atoms with Crippen LogP contribution in [0, 0.1) is 5.21 Å². The van der Waals surface area contributed by atoms with Crippen molar-refractivity contribution in [3.63, 3.8) is 0 Å². The third kappa shape index (κ3) is 4.32. The molecule has 0 aliphatic heterocycles. The number of hydrogen-bond donors (Lipinski definition) is 0. The highest BCUT2D eigenvalue weighted by atomic mass is 16.5. The zero-order valence-electron chi connectivity index (χ0n) is 17.0. The van der Waals surface area contributed by atoms with E-state index in [4.69, 9.17) is 9.15 Å². The van der Waals surface area contributed by atoms with Crippen LogP contribution in [0.2, 0.25) is 0 Å². The fraction of sp³-hybridized carbons (Fsp3) is 0.0400. The van der Waals surface area contributed by atoms with Crippen LogP contribution in [0.4, 0.5) is 0 Å². The van der Waals surface area contributed by atoms with Crippen LogP contribution in [0.15, 0.2) is 96.0 Å². The van der Waals surface area contributed by atoms with E-state index in [1.165, 1.54) is 18.8 Å². The minimum Gasteiger partial charge on any atom is -0.619 e. The molecule has 156 valence electrons. The first-order valence-corrected chi connectivity index (χ1v) is 9.99. The number of aromatic nitrogens is 4. The van der Waals surface area contributed by atoms with Gasteiger partial charge in [0.25, 0.3) is 0 Å². The Morgan fingerprint density at radius 2 is 1.78 bits per heavy atom. The second-order valence-electron chi connectivity index (χ2n) is 7.10. The molecular weight excluding hydrogens is 404 g/mol.